The molecule has 0 saturated carbocycles. The fourth-order valence-corrected chi connectivity index (χ4v) is 3.27. The Hall–Kier alpha value is -2.63. The van der Waals surface area contributed by atoms with Crippen LogP contribution >= 0.6 is 0 Å². The maximum atomic E-state index is 13.0. The maximum Gasteiger partial charge on any atom is 0.306 e. The molecular formula is C18H20N2O4. The Morgan fingerprint density at radius 1 is 1.29 bits per heavy atom. The van der Waals surface area contributed by atoms with Crippen molar-refractivity contribution in [3.8, 4) is 11.3 Å². The Morgan fingerprint density at radius 3 is 2.62 bits per heavy atom. The molecule has 1 aromatic heterocycles. The lowest BCUT2D eigenvalue weighted by Gasteiger charge is -2.34. The summed E-state index contributed by atoms with van der Waals surface area (Å²) in [4.78, 5) is 25.9. The lowest BCUT2D eigenvalue weighted by atomic mass is 9.86. The summed E-state index contributed by atoms with van der Waals surface area (Å²) in [7, 11) is 0. The molecule has 24 heavy (non-hydrogen) atoms. The van der Waals surface area contributed by atoms with Crippen molar-refractivity contribution in [2.75, 3.05) is 13.1 Å². The highest BCUT2D eigenvalue weighted by Gasteiger charge is 2.35. The van der Waals surface area contributed by atoms with Crippen LogP contribution in [0.3, 0.4) is 0 Å². The first-order valence-electron chi connectivity index (χ1n) is 8.02. The fraction of sp³-hybridized carbons (Fsp3) is 0.389. The molecule has 3 rings (SSSR count). The fourth-order valence-electron chi connectivity index (χ4n) is 3.27. The third-order valence-electron chi connectivity index (χ3n) is 4.63. The van der Waals surface area contributed by atoms with Crippen molar-refractivity contribution in [3.63, 3.8) is 0 Å². The van der Waals surface area contributed by atoms with Gasteiger partial charge in [-0.1, -0.05) is 42.4 Å². The zero-order chi connectivity index (χ0) is 17.3. The second kappa shape index (κ2) is 6.47. The van der Waals surface area contributed by atoms with Crippen molar-refractivity contribution < 1.29 is 19.2 Å². The van der Waals surface area contributed by atoms with Gasteiger partial charge in [-0.25, -0.2) is 0 Å². The molecule has 0 bridgehead atoms. The smallest absolute Gasteiger partial charge is 0.306 e. The molecule has 6 nitrogen and oxygen atoms in total. The molecule has 0 spiro atoms. The summed E-state index contributed by atoms with van der Waals surface area (Å²) in [5.74, 6) is -0.942. The molecule has 1 aliphatic rings. The zero-order valence-electron chi connectivity index (χ0n) is 13.7. The first-order valence-corrected chi connectivity index (χ1v) is 8.02. The minimum absolute atomic E-state index is 0.0828. The maximum absolute atomic E-state index is 13.0. The predicted octanol–water partition coefficient (Wildman–Crippen LogP) is 2.83. The van der Waals surface area contributed by atoms with Crippen molar-refractivity contribution in [1.29, 1.82) is 0 Å². The van der Waals surface area contributed by atoms with Crippen LogP contribution in [0, 0.1) is 18.8 Å². The van der Waals surface area contributed by atoms with Crippen LogP contribution in [0.1, 0.15) is 29.5 Å². The molecule has 126 valence electrons. The number of hydrogen-bond donors (Lipinski definition) is 1. The van der Waals surface area contributed by atoms with E-state index in [4.69, 9.17) is 4.52 Å². The van der Waals surface area contributed by atoms with E-state index in [0.29, 0.717) is 36.5 Å². The summed E-state index contributed by atoms with van der Waals surface area (Å²) >= 11 is 0. The van der Waals surface area contributed by atoms with E-state index in [2.05, 4.69) is 5.16 Å². The molecule has 1 aliphatic heterocycles. The van der Waals surface area contributed by atoms with Gasteiger partial charge < -0.3 is 14.5 Å². The minimum Gasteiger partial charge on any atom is -0.481 e. The number of rotatable bonds is 3. The van der Waals surface area contributed by atoms with Crippen LogP contribution < -0.4 is 0 Å². The highest BCUT2D eigenvalue weighted by atomic mass is 16.5. The summed E-state index contributed by atoms with van der Waals surface area (Å²) in [5.41, 5.74) is 1.82. The van der Waals surface area contributed by atoms with Crippen LogP contribution in [0.5, 0.6) is 0 Å². The summed E-state index contributed by atoms with van der Waals surface area (Å²) in [5, 5.41) is 13.3. The van der Waals surface area contributed by atoms with Crippen LogP contribution in [-0.4, -0.2) is 40.1 Å². The van der Waals surface area contributed by atoms with E-state index in [1.165, 1.54) is 0 Å². The Balaban J connectivity index is 1.87. The molecule has 1 saturated heterocycles. The Bertz CT molecular complexity index is 754. The van der Waals surface area contributed by atoms with Gasteiger partial charge in [0.1, 0.15) is 17.0 Å². The number of carbonyl (C=O) groups is 2. The number of hydrogen-bond acceptors (Lipinski definition) is 4. The summed E-state index contributed by atoms with van der Waals surface area (Å²) in [6, 6.07) is 9.43. The number of carboxylic acid groups (broad SMARTS) is 1. The van der Waals surface area contributed by atoms with Gasteiger partial charge in [-0.3, -0.25) is 9.59 Å². The van der Waals surface area contributed by atoms with Crippen LogP contribution in [0.2, 0.25) is 0 Å². The third-order valence-corrected chi connectivity index (χ3v) is 4.63. The number of aromatic nitrogens is 1. The molecule has 0 radical (unpaired) electrons. The standard InChI is InChI=1S/C18H20N2O4/c1-11-10-20(9-8-14(11)18(22)23)17(21)15-12(2)24-19-16(15)13-6-4-3-5-7-13/h3-7,11,14H,8-10H2,1-2H3,(H,22,23). The highest BCUT2D eigenvalue weighted by molar-refractivity contribution is 6.00. The molecule has 2 atom stereocenters. The lowest BCUT2D eigenvalue weighted by Crippen LogP contribution is -2.45. The topological polar surface area (TPSA) is 83.6 Å². The van der Waals surface area contributed by atoms with Crippen LogP contribution in [0.4, 0.5) is 0 Å². The van der Waals surface area contributed by atoms with Gasteiger partial charge in [0.15, 0.2) is 0 Å². The molecular weight excluding hydrogens is 308 g/mol. The molecule has 1 N–H and O–H groups in total. The quantitative estimate of drug-likeness (QED) is 0.936. The normalized spacial score (nSPS) is 20.8. The summed E-state index contributed by atoms with van der Waals surface area (Å²) in [6.45, 7) is 4.45. The van der Waals surface area contributed by atoms with Crippen LogP contribution in [-0.2, 0) is 4.79 Å². The Morgan fingerprint density at radius 2 is 2.00 bits per heavy atom. The van der Waals surface area contributed by atoms with E-state index in [1.54, 1.807) is 11.8 Å². The number of carboxylic acids is 1. The van der Waals surface area contributed by atoms with Crippen molar-refractivity contribution in [2.24, 2.45) is 11.8 Å². The van der Waals surface area contributed by atoms with E-state index in [-0.39, 0.29) is 11.8 Å². The molecule has 1 fully saturated rings. The number of likely N-dealkylation sites (tertiary alicyclic amines) is 1. The molecule has 6 heteroatoms. The number of piperidine rings is 1. The number of carbonyl (C=O) groups excluding carboxylic acids is 1. The van der Waals surface area contributed by atoms with Crippen molar-refractivity contribution in [3.05, 3.63) is 41.7 Å². The van der Waals surface area contributed by atoms with Crippen LogP contribution in [0.15, 0.2) is 34.9 Å². The van der Waals surface area contributed by atoms with Gasteiger partial charge in [0.2, 0.25) is 0 Å². The van der Waals surface area contributed by atoms with Gasteiger partial charge in [0.05, 0.1) is 5.92 Å². The van der Waals surface area contributed by atoms with Crippen molar-refractivity contribution in [2.45, 2.75) is 20.3 Å². The molecule has 0 aliphatic carbocycles. The molecule has 2 unspecified atom stereocenters. The van der Waals surface area contributed by atoms with Gasteiger partial charge in [0, 0.05) is 18.7 Å². The second-order valence-corrected chi connectivity index (χ2v) is 6.29. The largest absolute Gasteiger partial charge is 0.481 e. The van der Waals surface area contributed by atoms with E-state index in [9.17, 15) is 14.7 Å². The minimum atomic E-state index is -0.791. The van der Waals surface area contributed by atoms with Crippen LogP contribution in [0.25, 0.3) is 11.3 Å². The molecule has 1 amide bonds. The van der Waals surface area contributed by atoms with E-state index < -0.39 is 11.9 Å². The Kier molecular flexibility index (Phi) is 4.38. The van der Waals surface area contributed by atoms with Gasteiger partial charge in [-0.05, 0) is 19.3 Å². The van der Waals surface area contributed by atoms with Gasteiger partial charge >= 0.3 is 5.97 Å². The average Bonchev–Trinajstić information content (AvgIpc) is 2.96. The third kappa shape index (κ3) is 2.91. The van der Waals surface area contributed by atoms with Crippen molar-refractivity contribution >= 4 is 11.9 Å². The first kappa shape index (κ1) is 16.2. The zero-order valence-corrected chi connectivity index (χ0v) is 13.7. The van der Waals surface area contributed by atoms with Gasteiger partial charge in [-0.15, -0.1) is 0 Å². The Labute approximate surface area is 140 Å². The SMILES string of the molecule is Cc1onc(-c2ccccc2)c1C(=O)N1CCC(C(=O)O)C(C)C1. The highest BCUT2D eigenvalue weighted by Crippen LogP contribution is 2.29. The number of aryl methyl sites for hydroxylation is 1. The number of amides is 1. The van der Waals surface area contributed by atoms with Gasteiger partial charge in [0.25, 0.3) is 5.91 Å². The summed E-state index contributed by atoms with van der Waals surface area (Å²) in [6.07, 6.45) is 0.466. The number of aliphatic carboxylic acids is 1. The van der Waals surface area contributed by atoms with E-state index in [1.807, 2.05) is 37.3 Å². The van der Waals surface area contributed by atoms with E-state index in [0.717, 1.165) is 5.56 Å². The number of nitrogens with zero attached hydrogens (tertiary/aromatic N) is 2. The van der Waals surface area contributed by atoms with Gasteiger partial charge in [-0.2, -0.15) is 0 Å². The summed E-state index contributed by atoms with van der Waals surface area (Å²) < 4.78 is 5.26. The molecule has 2 aromatic rings. The van der Waals surface area contributed by atoms with E-state index >= 15 is 0 Å². The van der Waals surface area contributed by atoms with Crippen molar-refractivity contribution in [1.82, 2.24) is 10.1 Å². The second-order valence-electron chi connectivity index (χ2n) is 6.29. The molecule has 1 aromatic carbocycles. The predicted molar refractivity (Wildman–Crippen MR) is 87.5 cm³/mol. The average molecular weight is 328 g/mol. The lowest BCUT2D eigenvalue weighted by molar-refractivity contribution is -0.145. The molecule has 2 heterocycles. The monoisotopic (exact) mass is 328 g/mol. The first-order chi connectivity index (χ1) is 11.5. The number of benzene rings is 1.